The molecule has 17 rings (SSSR count). The molecule has 0 saturated carbocycles. The molecular formula is C114H114N6Si4. The molecule has 0 unspecified atom stereocenters. The zero-order chi connectivity index (χ0) is 89.2. The molecule has 0 spiro atoms. The van der Waals surface area contributed by atoms with E-state index in [2.05, 4.69) is 358 Å². The Labute approximate surface area is 745 Å². The fourth-order valence-corrected chi connectivity index (χ4v) is 39.6. The minimum atomic E-state index is -2.10. The SMILES string of the molecule is CC(C)[Si](C#Cc1cc2c#cc#cc3cc(C#C[Si](C(C)C)(C(C)C)C(C)C)cc(c#cc4ccc(nc4)c4cccc(n4)c4ccc(c#cc5cc(C#C[Si](C(C)C)(C(C)C)C(C)C)cc(c#cc#cc6cc(C#C[Si](C(C)C)(C(C)C)C(C)C)cc(c#cc7ccc(nc7)c7cccc(n7)c7ccc(c#cc(c1)c2)cn7)c6)c5)cn4)c3)(C(C)C)C(C)C. The maximum absolute atomic E-state index is 5.07. The number of benzene rings is 4. The largest absolute Gasteiger partial charge is 0.253 e. The van der Waals surface area contributed by atoms with E-state index in [1.165, 1.54) is 0 Å². The van der Waals surface area contributed by atoms with Gasteiger partial charge in [-0.25, -0.2) is 9.97 Å². The molecule has 0 N–H and O–H groups in total. The molecule has 0 aliphatic rings. The standard InChI is InChI=1S/C114H114N6Si4/c1-79(2)121(80(3)4,81(5)6)59-55-103-67-95-31-25-26-32-96-64-100(72-104(68-96)56-60-122(82(7)8,83(9)10)84(11)12)44-40-92-48-53-109(117-76-92)113-37-30-38-114(120-113)110-54-50-94(78-118-110)42-46-102-66-98(70-106(74-102)58-62-124(88(19)20,89(21)22)90(23)24)34-28-27-33-97-65-101(73-105(69-97)57-61-123(85(13)14,86(15)16)87(17)18)45-41-93-49-52-108(116-77-93)112-36-29-35-111(119-112)107-51-47-91(75-115-107)39-43-99(63-95)71-103/h29-30,35-38,47-54,63-90H,1-24H3. The highest BCUT2D eigenvalue weighted by Crippen LogP contribution is 2.45. The maximum Gasteiger partial charge on any atom is 0.146 e. The molecule has 616 valence electrons. The summed E-state index contributed by atoms with van der Waals surface area (Å²) in [6, 6.07) is 106. The van der Waals surface area contributed by atoms with Gasteiger partial charge in [-0.2, -0.15) is 0 Å². The molecule has 0 amide bonds. The van der Waals surface area contributed by atoms with Crippen LogP contribution in [0.15, 0.2) is 183 Å². The smallest absolute Gasteiger partial charge is 0.146 e. The number of hydrogen-bond donors (Lipinski definition) is 0. The van der Waals surface area contributed by atoms with Crippen LogP contribution in [0.4, 0.5) is 0 Å². The van der Waals surface area contributed by atoms with Crippen molar-refractivity contribution < 1.29 is 0 Å². The molecule has 17 aromatic rings. The molecule has 13 heterocycles. The average Bonchev–Trinajstić information content (AvgIpc) is 0.808. The van der Waals surface area contributed by atoms with E-state index >= 15 is 0 Å². The van der Waals surface area contributed by atoms with Crippen LogP contribution in [0.5, 0.6) is 0 Å². The lowest BCUT2D eigenvalue weighted by Crippen LogP contribution is -2.43. The van der Waals surface area contributed by atoms with Crippen LogP contribution in [-0.4, -0.2) is 62.2 Å². The summed E-state index contributed by atoms with van der Waals surface area (Å²) >= 11 is 0. The van der Waals surface area contributed by atoms with E-state index in [1.807, 2.05) is 109 Å². The summed E-state index contributed by atoms with van der Waals surface area (Å²) in [4.78, 5) is 29.7. The van der Waals surface area contributed by atoms with Gasteiger partial charge in [0, 0.05) is 112 Å². The molecule has 13 aromatic heterocycles. The van der Waals surface area contributed by atoms with Crippen LogP contribution in [-0.2, 0) is 0 Å². The normalized spacial score (nSPS) is 11.3. The Balaban J connectivity index is 1.10. The number of hydrogen-bond acceptors (Lipinski definition) is 6. The van der Waals surface area contributed by atoms with Crippen molar-refractivity contribution in [3.05, 3.63) is 302 Å². The van der Waals surface area contributed by atoms with E-state index < -0.39 is 32.3 Å². The van der Waals surface area contributed by atoms with Crippen molar-refractivity contribution in [2.45, 2.75) is 233 Å². The summed E-state index contributed by atoms with van der Waals surface area (Å²) < 4.78 is 0. The third-order valence-corrected chi connectivity index (χ3v) is 50.0. The van der Waals surface area contributed by atoms with Gasteiger partial charge < -0.3 is 0 Å². The minimum Gasteiger partial charge on any atom is -0.253 e. The monoisotopic (exact) mass is 1680 g/mol. The molecule has 0 radical (unpaired) electrons. The highest BCUT2D eigenvalue weighted by molar-refractivity contribution is 6.92. The van der Waals surface area contributed by atoms with Crippen LogP contribution < -0.4 is 0 Å². The third-order valence-electron chi connectivity index (χ3n) is 24.8. The first kappa shape index (κ1) is 92.1. The van der Waals surface area contributed by atoms with Crippen LogP contribution in [0.1, 0.15) is 188 Å². The number of aromatic nitrogens is 6. The minimum absolute atomic E-state index is 0.459. The van der Waals surface area contributed by atoms with Crippen LogP contribution in [0.25, 0.3) is 109 Å². The van der Waals surface area contributed by atoms with Gasteiger partial charge in [-0.1, -0.05) is 275 Å². The van der Waals surface area contributed by atoms with Gasteiger partial charge in [0.05, 0.1) is 44.1 Å². The number of rotatable bonds is 12. The topological polar surface area (TPSA) is 77.3 Å². The predicted molar refractivity (Wildman–Crippen MR) is 534 cm³/mol. The zero-order valence-electron chi connectivity index (χ0n) is 76.9. The molecule has 0 aliphatic heterocycles. The summed E-state index contributed by atoms with van der Waals surface area (Å²) in [6.07, 6.45) is 7.18. The number of pyridine rings is 6. The van der Waals surface area contributed by atoms with E-state index in [9.17, 15) is 0 Å². The number of nitrogens with zero attached hydrogens (tertiary/aromatic N) is 6. The van der Waals surface area contributed by atoms with Crippen LogP contribution in [0.2, 0.25) is 66.5 Å². The van der Waals surface area contributed by atoms with E-state index in [-0.39, 0.29) is 0 Å². The molecule has 20 bridgehead atoms. The van der Waals surface area contributed by atoms with Gasteiger partial charge in [0.15, 0.2) is 0 Å². The average molecular weight is 1680 g/mol. The molecule has 0 fully saturated rings. The Kier molecular flexibility index (Phi) is 30.5. The van der Waals surface area contributed by atoms with Gasteiger partial charge in [-0.15, -0.1) is 22.2 Å². The Bertz CT molecular complexity index is 5680. The fourth-order valence-electron chi connectivity index (χ4n) is 18.7. The second-order valence-corrected chi connectivity index (χ2v) is 58.6. The molecule has 6 nitrogen and oxygen atoms in total. The van der Waals surface area contributed by atoms with E-state index in [1.54, 1.807) is 24.8 Å². The van der Waals surface area contributed by atoms with E-state index in [0.29, 0.717) is 111 Å². The van der Waals surface area contributed by atoms with Gasteiger partial charge in [-0.3, -0.25) is 19.9 Å². The van der Waals surface area contributed by atoms with Gasteiger partial charge in [-0.05, 0) is 236 Å². The molecule has 124 heavy (non-hydrogen) atoms. The third kappa shape index (κ3) is 22.0. The Morgan fingerprint density at radius 1 is 0.194 bits per heavy atom. The summed E-state index contributed by atoms with van der Waals surface area (Å²) in [6.45, 7) is 56.1. The fraction of sp³-hybridized carbons (Fsp3) is 0.316. The van der Waals surface area contributed by atoms with Gasteiger partial charge in [0.25, 0.3) is 0 Å². The van der Waals surface area contributed by atoms with Crippen molar-refractivity contribution in [2.75, 3.05) is 0 Å². The van der Waals surface area contributed by atoms with Crippen molar-refractivity contribution in [1.82, 2.24) is 29.9 Å². The Hall–Kier alpha value is -12.6. The van der Waals surface area contributed by atoms with Crippen LogP contribution in [0, 0.1) is 143 Å². The summed E-state index contributed by atoms with van der Waals surface area (Å²) in [7, 11) is -8.42. The first-order valence-electron chi connectivity index (χ1n) is 43.9. The molecular weight excluding hydrogens is 1570 g/mol. The van der Waals surface area contributed by atoms with Crippen molar-refractivity contribution in [3.8, 4) is 45.9 Å². The molecule has 0 atom stereocenters. The van der Waals surface area contributed by atoms with E-state index in [0.717, 1.165) is 86.9 Å². The van der Waals surface area contributed by atoms with Gasteiger partial charge in [0.1, 0.15) is 32.3 Å². The quantitative estimate of drug-likeness (QED) is 0.0896. The van der Waals surface area contributed by atoms with Gasteiger partial charge in [0.2, 0.25) is 0 Å². The highest BCUT2D eigenvalue weighted by Gasteiger charge is 2.45. The Morgan fingerprint density at radius 2 is 0.363 bits per heavy atom. The first-order chi connectivity index (χ1) is 59.2. The second-order valence-electron chi connectivity index (χ2n) is 36.3. The lowest BCUT2D eigenvalue weighted by molar-refractivity contribution is 0.838. The molecule has 0 aliphatic carbocycles. The van der Waals surface area contributed by atoms with Gasteiger partial charge >= 0.3 is 0 Å². The summed E-state index contributed by atoms with van der Waals surface area (Å²) in [5, 5.41) is 9.18. The first-order valence-corrected chi connectivity index (χ1v) is 52.8. The lowest BCUT2D eigenvalue weighted by Gasteiger charge is -2.38. The summed E-state index contributed by atoms with van der Waals surface area (Å²) in [5.41, 5.74) is 30.4. The maximum atomic E-state index is 5.07. The molecule has 4 aromatic carbocycles. The van der Waals surface area contributed by atoms with Crippen molar-refractivity contribution in [2.24, 2.45) is 0 Å². The van der Waals surface area contributed by atoms with Crippen molar-refractivity contribution in [3.63, 3.8) is 0 Å². The van der Waals surface area contributed by atoms with Crippen LogP contribution >= 0.6 is 0 Å². The molecule has 0 saturated heterocycles. The van der Waals surface area contributed by atoms with Crippen molar-refractivity contribution in [1.29, 1.82) is 0 Å². The van der Waals surface area contributed by atoms with Crippen molar-refractivity contribution >= 4 is 141 Å². The summed E-state index contributed by atoms with van der Waals surface area (Å²) in [5.74, 6) is 14.7. The zero-order valence-corrected chi connectivity index (χ0v) is 80.9. The Morgan fingerprint density at radius 3 is 0.524 bits per heavy atom. The van der Waals surface area contributed by atoms with Crippen LogP contribution in [0.3, 0.4) is 0 Å². The highest BCUT2D eigenvalue weighted by atomic mass is 28.3. The lowest BCUT2D eigenvalue weighted by atomic mass is 10.1. The predicted octanol–water partition coefficient (Wildman–Crippen LogP) is 29.1. The molecule has 10 heteroatoms. The van der Waals surface area contributed by atoms with E-state index in [4.69, 9.17) is 29.9 Å². The second kappa shape index (κ2) is 41.0.